The fourth-order valence-electron chi connectivity index (χ4n) is 3.80. The summed E-state index contributed by atoms with van der Waals surface area (Å²) in [5.41, 5.74) is 0.883. The highest BCUT2D eigenvalue weighted by molar-refractivity contribution is 5.68. The summed E-state index contributed by atoms with van der Waals surface area (Å²) in [6.07, 6.45) is 2.90. The molecule has 1 saturated heterocycles. The number of hydrogen-bond donors (Lipinski definition) is 0. The predicted octanol–water partition coefficient (Wildman–Crippen LogP) is 5.22. The molecule has 25 heavy (non-hydrogen) atoms. The van der Waals surface area contributed by atoms with Gasteiger partial charge in [0, 0.05) is 12.6 Å². The van der Waals surface area contributed by atoms with Gasteiger partial charge in [-0.1, -0.05) is 25.5 Å². The van der Waals surface area contributed by atoms with Crippen LogP contribution in [0.2, 0.25) is 0 Å². The molecular formula is C21H33NO3. The van der Waals surface area contributed by atoms with Gasteiger partial charge in [-0.25, -0.2) is 4.79 Å². The highest BCUT2D eigenvalue weighted by Crippen LogP contribution is 2.38. The van der Waals surface area contributed by atoms with Crippen molar-refractivity contribution in [2.75, 3.05) is 13.7 Å². The van der Waals surface area contributed by atoms with Crippen molar-refractivity contribution in [1.29, 1.82) is 0 Å². The number of carbonyl (C=O) groups excluding carboxylic acids is 1. The van der Waals surface area contributed by atoms with E-state index in [1.54, 1.807) is 7.11 Å². The molecule has 1 aromatic rings. The first-order valence-electron chi connectivity index (χ1n) is 9.38. The first kappa shape index (κ1) is 19.6. The van der Waals surface area contributed by atoms with Crippen molar-refractivity contribution >= 4 is 6.09 Å². The Morgan fingerprint density at radius 1 is 1.24 bits per heavy atom. The van der Waals surface area contributed by atoms with Gasteiger partial charge >= 0.3 is 6.09 Å². The number of hydrogen-bond acceptors (Lipinski definition) is 3. The smallest absolute Gasteiger partial charge is 0.410 e. The summed E-state index contributed by atoms with van der Waals surface area (Å²) in [4.78, 5) is 14.5. The molecule has 1 unspecified atom stereocenters. The summed E-state index contributed by atoms with van der Waals surface area (Å²) < 4.78 is 10.9. The number of methoxy groups -OCH3 is 1. The van der Waals surface area contributed by atoms with Crippen molar-refractivity contribution < 1.29 is 14.3 Å². The molecular weight excluding hydrogens is 314 g/mol. The maximum Gasteiger partial charge on any atom is 0.410 e. The number of benzene rings is 1. The molecule has 0 aliphatic carbocycles. The van der Waals surface area contributed by atoms with Crippen LogP contribution in [0.4, 0.5) is 4.79 Å². The molecule has 0 spiro atoms. The molecule has 3 atom stereocenters. The lowest BCUT2D eigenvalue weighted by molar-refractivity contribution is 0.0178. The molecule has 0 saturated carbocycles. The number of ether oxygens (including phenoxy) is 2. The van der Waals surface area contributed by atoms with Crippen LogP contribution in [0.3, 0.4) is 0 Å². The SMILES string of the molecule is CC[C@H]1CC(C)N(C(=O)OC(C)(C)C)CC[C@@H]1c1ccc(OC)cc1. The minimum Gasteiger partial charge on any atom is -0.497 e. The Hall–Kier alpha value is -1.71. The zero-order valence-electron chi connectivity index (χ0n) is 16.5. The first-order chi connectivity index (χ1) is 11.7. The average molecular weight is 347 g/mol. The summed E-state index contributed by atoms with van der Waals surface area (Å²) >= 11 is 0. The molecule has 0 aromatic heterocycles. The van der Waals surface area contributed by atoms with Crippen LogP contribution in [-0.2, 0) is 4.74 Å². The largest absolute Gasteiger partial charge is 0.497 e. The third kappa shape index (κ3) is 5.13. The van der Waals surface area contributed by atoms with Gasteiger partial charge in [0.1, 0.15) is 11.4 Å². The summed E-state index contributed by atoms with van der Waals surface area (Å²) in [7, 11) is 1.69. The van der Waals surface area contributed by atoms with Gasteiger partial charge < -0.3 is 14.4 Å². The molecule has 1 aliphatic rings. The van der Waals surface area contributed by atoms with Crippen molar-refractivity contribution in [3.63, 3.8) is 0 Å². The van der Waals surface area contributed by atoms with Gasteiger partial charge in [0.05, 0.1) is 7.11 Å². The van der Waals surface area contributed by atoms with Crippen LogP contribution < -0.4 is 4.74 Å². The fourth-order valence-corrected chi connectivity index (χ4v) is 3.80. The minimum atomic E-state index is -0.456. The van der Waals surface area contributed by atoms with Crippen LogP contribution in [0, 0.1) is 5.92 Å². The van der Waals surface area contributed by atoms with Crippen LogP contribution in [0.15, 0.2) is 24.3 Å². The van der Waals surface area contributed by atoms with E-state index in [0.29, 0.717) is 11.8 Å². The normalized spacial score (nSPS) is 24.6. The quantitative estimate of drug-likeness (QED) is 0.752. The van der Waals surface area contributed by atoms with Gasteiger partial charge in [0.25, 0.3) is 0 Å². The Balaban J connectivity index is 2.17. The van der Waals surface area contributed by atoms with Gasteiger partial charge in [-0.15, -0.1) is 0 Å². The number of nitrogens with zero attached hydrogens (tertiary/aromatic N) is 1. The number of likely N-dealkylation sites (tertiary alicyclic amines) is 1. The van der Waals surface area contributed by atoms with Crippen molar-refractivity contribution in [2.45, 2.75) is 71.4 Å². The maximum absolute atomic E-state index is 12.6. The molecule has 4 heteroatoms. The van der Waals surface area contributed by atoms with E-state index in [1.807, 2.05) is 37.8 Å². The van der Waals surface area contributed by atoms with Gasteiger partial charge in [0.15, 0.2) is 0 Å². The highest BCUT2D eigenvalue weighted by atomic mass is 16.6. The van der Waals surface area contributed by atoms with E-state index in [1.165, 1.54) is 5.56 Å². The van der Waals surface area contributed by atoms with E-state index in [0.717, 1.165) is 31.6 Å². The first-order valence-corrected chi connectivity index (χ1v) is 9.38. The van der Waals surface area contributed by atoms with E-state index >= 15 is 0 Å². The van der Waals surface area contributed by atoms with E-state index in [2.05, 4.69) is 26.0 Å². The Morgan fingerprint density at radius 3 is 2.40 bits per heavy atom. The molecule has 1 heterocycles. The van der Waals surface area contributed by atoms with Gasteiger partial charge in [-0.05, 0) is 70.1 Å². The predicted molar refractivity (Wildman–Crippen MR) is 101 cm³/mol. The Morgan fingerprint density at radius 2 is 1.88 bits per heavy atom. The number of carbonyl (C=O) groups is 1. The summed E-state index contributed by atoms with van der Waals surface area (Å²) in [5.74, 6) is 1.91. The fraction of sp³-hybridized carbons (Fsp3) is 0.667. The van der Waals surface area contributed by atoms with Gasteiger partial charge in [0.2, 0.25) is 0 Å². The molecule has 4 nitrogen and oxygen atoms in total. The molecule has 1 aliphatic heterocycles. The minimum absolute atomic E-state index is 0.190. The van der Waals surface area contributed by atoms with Crippen molar-refractivity contribution in [1.82, 2.24) is 4.90 Å². The lowest BCUT2D eigenvalue weighted by Crippen LogP contribution is -2.42. The van der Waals surface area contributed by atoms with Crippen molar-refractivity contribution in [2.24, 2.45) is 5.92 Å². The van der Waals surface area contributed by atoms with Crippen LogP contribution in [0.5, 0.6) is 5.75 Å². The average Bonchev–Trinajstić information content (AvgIpc) is 2.72. The number of amides is 1. The second-order valence-electron chi connectivity index (χ2n) is 8.10. The van der Waals surface area contributed by atoms with E-state index in [4.69, 9.17) is 9.47 Å². The number of rotatable bonds is 3. The lowest BCUT2D eigenvalue weighted by Gasteiger charge is -2.30. The molecule has 0 radical (unpaired) electrons. The van der Waals surface area contributed by atoms with Crippen molar-refractivity contribution in [3.8, 4) is 5.75 Å². The zero-order valence-corrected chi connectivity index (χ0v) is 16.5. The second kappa shape index (κ2) is 8.11. The third-order valence-electron chi connectivity index (χ3n) is 5.12. The van der Waals surface area contributed by atoms with Gasteiger partial charge in [-0.2, -0.15) is 0 Å². The van der Waals surface area contributed by atoms with Crippen molar-refractivity contribution in [3.05, 3.63) is 29.8 Å². The summed E-state index contributed by atoms with van der Waals surface area (Å²) in [5, 5.41) is 0. The molecule has 0 N–H and O–H groups in total. The van der Waals surface area contributed by atoms with Crippen LogP contribution >= 0.6 is 0 Å². The summed E-state index contributed by atoms with van der Waals surface area (Å²) in [6.45, 7) is 10.9. The van der Waals surface area contributed by atoms with Crippen LogP contribution in [0.25, 0.3) is 0 Å². The molecule has 140 valence electrons. The molecule has 1 fully saturated rings. The molecule has 1 aromatic carbocycles. The monoisotopic (exact) mass is 347 g/mol. The Labute approximate surface area is 152 Å². The highest BCUT2D eigenvalue weighted by Gasteiger charge is 2.34. The van der Waals surface area contributed by atoms with Gasteiger partial charge in [-0.3, -0.25) is 0 Å². The van der Waals surface area contributed by atoms with Crippen LogP contribution in [0.1, 0.15) is 65.4 Å². The maximum atomic E-state index is 12.6. The molecule has 1 amide bonds. The Kier molecular flexibility index (Phi) is 6.36. The topological polar surface area (TPSA) is 38.8 Å². The third-order valence-corrected chi connectivity index (χ3v) is 5.12. The van der Waals surface area contributed by atoms with E-state index in [9.17, 15) is 4.79 Å². The second-order valence-corrected chi connectivity index (χ2v) is 8.10. The van der Waals surface area contributed by atoms with E-state index in [-0.39, 0.29) is 12.1 Å². The zero-order chi connectivity index (χ0) is 18.6. The lowest BCUT2D eigenvalue weighted by atomic mass is 9.80. The van der Waals surface area contributed by atoms with E-state index < -0.39 is 5.60 Å². The Bertz CT molecular complexity index is 561. The molecule has 2 rings (SSSR count). The van der Waals surface area contributed by atoms with Crippen LogP contribution in [-0.4, -0.2) is 36.3 Å². The standard InChI is InChI=1S/C21H33NO3/c1-7-16-14-15(2)22(20(23)25-21(3,4)5)13-12-19(16)17-8-10-18(24-6)11-9-17/h8-11,15-16,19H,7,12-14H2,1-6H3/t15?,16-,19-/m0/s1. The molecule has 0 bridgehead atoms. The summed E-state index contributed by atoms with van der Waals surface area (Å²) in [6, 6.07) is 8.59.